The predicted octanol–water partition coefficient (Wildman–Crippen LogP) is 8.14. The number of carbonyl (C=O) groups is 1. The fourth-order valence-electron chi connectivity index (χ4n) is 3.32. The normalized spacial score (nSPS) is 11.5. The molecular weight excluding hydrogens is 483 g/mol. The lowest BCUT2D eigenvalue weighted by atomic mass is 10.1. The van der Waals surface area contributed by atoms with Crippen molar-refractivity contribution < 1.29 is 14.6 Å². The number of aromatic nitrogens is 2. The molecule has 0 fully saturated rings. The molecule has 0 radical (unpaired) electrons. The van der Waals surface area contributed by atoms with Crippen molar-refractivity contribution in [3.63, 3.8) is 0 Å². The van der Waals surface area contributed by atoms with Crippen LogP contribution in [0.15, 0.2) is 79.2 Å². The van der Waals surface area contributed by atoms with Crippen LogP contribution in [0.4, 0.5) is 0 Å². The smallest absolute Gasteiger partial charge is 0.335 e. The summed E-state index contributed by atoms with van der Waals surface area (Å²) in [6.45, 7) is 10.2. The van der Waals surface area contributed by atoms with Gasteiger partial charge < -0.3 is 14.4 Å². The fourth-order valence-corrected chi connectivity index (χ4v) is 3.83. The molecule has 5 nitrogen and oxygen atoms in total. The molecule has 0 aliphatic heterocycles. The Morgan fingerprint density at radius 1 is 1.14 bits per heavy atom. The summed E-state index contributed by atoms with van der Waals surface area (Å²) in [6, 6.07) is 12.1. The molecule has 1 N–H and O–H groups in total. The minimum absolute atomic E-state index is 0.247. The minimum Gasteiger partial charge on any atom is -0.497 e. The molecule has 3 rings (SSSR count). The van der Waals surface area contributed by atoms with E-state index in [2.05, 4.69) is 12.7 Å². The van der Waals surface area contributed by atoms with Gasteiger partial charge in [-0.05, 0) is 67.0 Å². The minimum atomic E-state index is -0.952. The second-order valence-electron chi connectivity index (χ2n) is 7.34. The zero-order valence-corrected chi connectivity index (χ0v) is 21.9. The number of allylic oxidation sites excluding steroid dienone is 4. The highest BCUT2D eigenvalue weighted by Gasteiger charge is 2.14. The van der Waals surface area contributed by atoms with E-state index >= 15 is 0 Å². The van der Waals surface area contributed by atoms with E-state index in [1.807, 2.05) is 43.7 Å². The van der Waals surface area contributed by atoms with Crippen LogP contribution in [0.3, 0.4) is 0 Å². The van der Waals surface area contributed by atoms with E-state index in [1.54, 1.807) is 49.6 Å². The van der Waals surface area contributed by atoms with Crippen LogP contribution in [-0.2, 0) is 11.3 Å². The number of hydrogen-bond acceptors (Lipinski definition) is 3. The summed E-state index contributed by atoms with van der Waals surface area (Å²) in [5.74, 6) is 0.533. The van der Waals surface area contributed by atoms with Gasteiger partial charge in [0.2, 0.25) is 0 Å². The summed E-state index contributed by atoms with van der Waals surface area (Å²) in [7, 11) is 1.61. The van der Waals surface area contributed by atoms with E-state index in [0.717, 1.165) is 28.2 Å². The van der Waals surface area contributed by atoms with Crippen molar-refractivity contribution in [2.24, 2.45) is 0 Å². The number of carboxylic acid groups (broad SMARTS) is 1. The van der Waals surface area contributed by atoms with Crippen molar-refractivity contribution in [3.05, 3.63) is 106 Å². The number of ether oxygens (including phenoxy) is 1. The average Bonchev–Trinajstić information content (AvgIpc) is 3.26. The molecule has 0 bridgehead atoms. The Morgan fingerprint density at radius 2 is 1.83 bits per heavy atom. The van der Waals surface area contributed by atoms with Gasteiger partial charge in [-0.15, -0.1) is 0 Å². The van der Waals surface area contributed by atoms with Gasteiger partial charge in [0.15, 0.2) is 0 Å². The molecule has 0 aliphatic carbocycles. The van der Waals surface area contributed by atoms with Crippen LogP contribution in [-0.4, -0.2) is 27.7 Å². The van der Waals surface area contributed by atoms with Gasteiger partial charge in [-0.25, -0.2) is 9.78 Å². The van der Waals surface area contributed by atoms with Crippen LogP contribution in [0.5, 0.6) is 0 Å². The van der Waals surface area contributed by atoms with Crippen molar-refractivity contribution in [2.45, 2.75) is 33.7 Å². The first-order valence-electron chi connectivity index (χ1n) is 11.2. The number of rotatable bonds is 9. The number of imidazole rings is 1. The Bertz CT molecular complexity index is 1230. The molecule has 0 spiro atoms. The molecule has 0 atom stereocenters. The molecular formula is C28H30Cl2N2O3. The molecule has 1 aromatic heterocycles. The highest BCUT2D eigenvalue weighted by molar-refractivity contribution is 6.36. The van der Waals surface area contributed by atoms with E-state index in [0.29, 0.717) is 28.8 Å². The second kappa shape index (κ2) is 13.6. The highest BCUT2D eigenvalue weighted by Crippen LogP contribution is 2.31. The van der Waals surface area contributed by atoms with Gasteiger partial charge in [-0.2, -0.15) is 0 Å². The van der Waals surface area contributed by atoms with Gasteiger partial charge >= 0.3 is 5.97 Å². The number of benzene rings is 2. The molecule has 184 valence electrons. The molecule has 0 saturated carbocycles. The van der Waals surface area contributed by atoms with Crippen LogP contribution < -0.4 is 0 Å². The Labute approximate surface area is 217 Å². The van der Waals surface area contributed by atoms with Gasteiger partial charge in [-0.1, -0.05) is 61.8 Å². The fraction of sp³-hybridized carbons (Fsp3) is 0.214. The first-order chi connectivity index (χ1) is 16.8. The van der Waals surface area contributed by atoms with Crippen molar-refractivity contribution in [2.75, 3.05) is 7.11 Å². The van der Waals surface area contributed by atoms with Gasteiger partial charge in [0.1, 0.15) is 11.6 Å². The Morgan fingerprint density at radius 3 is 2.40 bits per heavy atom. The van der Waals surface area contributed by atoms with Crippen LogP contribution in [0.25, 0.3) is 16.8 Å². The van der Waals surface area contributed by atoms with E-state index in [1.165, 1.54) is 0 Å². The molecule has 0 saturated heterocycles. The van der Waals surface area contributed by atoms with Crippen LogP contribution >= 0.6 is 23.2 Å². The summed E-state index contributed by atoms with van der Waals surface area (Å²) < 4.78 is 7.25. The zero-order chi connectivity index (χ0) is 26.0. The molecule has 3 aromatic rings. The summed E-state index contributed by atoms with van der Waals surface area (Å²) in [5, 5.41) is 10.2. The third-order valence-corrected chi connectivity index (χ3v) is 5.62. The maximum Gasteiger partial charge on any atom is 0.335 e. The first kappa shape index (κ1) is 28.0. The number of aromatic carboxylic acids is 1. The maximum atomic E-state index is 11.2. The van der Waals surface area contributed by atoms with E-state index in [-0.39, 0.29) is 5.56 Å². The molecule has 1 heterocycles. The average molecular weight is 513 g/mol. The lowest BCUT2D eigenvalue weighted by Crippen LogP contribution is -2.04. The number of nitrogens with zero attached hydrogens (tertiary/aromatic N) is 2. The standard InChI is InChI=1S/C26H24Cl2N2O3.C2H6/c1-4-21(33-3)7-5-6-17(2)25-29-24(22-13-12-20(27)14-23(22)28)16-30(25)15-18-8-10-19(11-9-18)26(31)32;1-2/h4,6-14,16H,1,5,15H2,2-3H3,(H,31,32);1-2H3/b17-6+,21-7?;. The largest absolute Gasteiger partial charge is 0.497 e. The zero-order valence-electron chi connectivity index (χ0n) is 20.4. The predicted molar refractivity (Wildman–Crippen MR) is 145 cm³/mol. The van der Waals surface area contributed by atoms with Crippen molar-refractivity contribution >= 4 is 34.7 Å². The lowest BCUT2D eigenvalue weighted by molar-refractivity contribution is 0.0697. The Balaban J connectivity index is 0.00000210. The summed E-state index contributed by atoms with van der Waals surface area (Å²) in [6.07, 6.45) is 8.24. The number of methoxy groups -OCH3 is 1. The molecule has 0 unspecified atom stereocenters. The summed E-state index contributed by atoms with van der Waals surface area (Å²) >= 11 is 12.5. The SMILES string of the molecule is C=CC(=CC/C=C(\C)c1nc(-c2ccc(Cl)cc2Cl)cn1Cc1ccc(C(=O)O)cc1)OC.CC. The number of halogens is 2. The highest BCUT2D eigenvalue weighted by atomic mass is 35.5. The Hall–Kier alpha value is -3.28. The van der Waals surface area contributed by atoms with Crippen LogP contribution in [0, 0.1) is 0 Å². The van der Waals surface area contributed by atoms with Crippen molar-refractivity contribution in [1.29, 1.82) is 0 Å². The second-order valence-corrected chi connectivity index (χ2v) is 8.19. The van der Waals surface area contributed by atoms with E-state index in [9.17, 15) is 4.79 Å². The lowest BCUT2D eigenvalue weighted by Gasteiger charge is -2.09. The molecule has 7 heteroatoms. The topological polar surface area (TPSA) is 64.4 Å². The monoisotopic (exact) mass is 512 g/mol. The van der Waals surface area contributed by atoms with E-state index in [4.69, 9.17) is 38.0 Å². The van der Waals surface area contributed by atoms with Gasteiger partial charge in [0.25, 0.3) is 0 Å². The molecule has 2 aromatic carbocycles. The molecule has 0 amide bonds. The van der Waals surface area contributed by atoms with Crippen LogP contribution in [0.2, 0.25) is 10.0 Å². The van der Waals surface area contributed by atoms with E-state index < -0.39 is 5.97 Å². The van der Waals surface area contributed by atoms with Crippen molar-refractivity contribution in [1.82, 2.24) is 9.55 Å². The number of hydrogen-bond donors (Lipinski definition) is 1. The van der Waals surface area contributed by atoms with Crippen LogP contribution in [0.1, 0.15) is 48.9 Å². The maximum absolute atomic E-state index is 11.2. The van der Waals surface area contributed by atoms with Gasteiger partial charge in [0, 0.05) is 23.3 Å². The molecule has 0 aliphatic rings. The molecule has 35 heavy (non-hydrogen) atoms. The third-order valence-electron chi connectivity index (χ3n) is 5.07. The van der Waals surface area contributed by atoms with Crippen molar-refractivity contribution in [3.8, 4) is 11.3 Å². The third kappa shape index (κ3) is 7.61. The van der Waals surface area contributed by atoms with Gasteiger partial charge in [-0.3, -0.25) is 0 Å². The first-order valence-corrected chi connectivity index (χ1v) is 12.0. The quantitative estimate of drug-likeness (QED) is 0.232. The van der Waals surface area contributed by atoms with Gasteiger partial charge in [0.05, 0.1) is 23.4 Å². The Kier molecular flexibility index (Phi) is 10.8. The number of carboxylic acids is 1. The summed E-state index contributed by atoms with van der Waals surface area (Å²) in [5.41, 5.74) is 3.68. The summed E-state index contributed by atoms with van der Waals surface area (Å²) in [4.78, 5) is 16.0.